The summed E-state index contributed by atoms with van der Waals surface area (Å²) in [5.74, 6) is 0.967. The van der Waals surface area contributed by atoms with Gasteiger partial charge in [0.25, 0.3) is 0 Å². The topological polar surface area (TPSA) is 134 Å². The monoisotopic (exact) mass is 479 g/mol. The summed E-state index contributed by atoms with van der Waals surface area (Å²) in [5, 5.41) is 8.88. The Balaban J connectivity index is 1.68. The van der Waals surface area contributed by atoms with Gasteiger partial charge in [-0.25, -0.2) is 8.42 Å². The Morgan fingerprint density at radius 3 is 2.41 bits per heavy atom. The van der Waals surface area contributed by atoms with Gasteiger partial charge in [0.15, 0.2) is 5.69 Å². The molecule has 3 aromatic rings. The van der Waals surface area contributed by atoms with Gasteiger partial charge in [-0.3, -0.25) is 14.3 Å². The first-order chi connectivity index (χ1) is 15.4. The van der Waals surface area contributed by atoms with Gasteiger partial charge in [0.1, 0.15) is 12.2 Å². The van der Waals surface area contributed by atoms with Crippen molar-refractivity contribution in [2.75, 3.05) is 24.7 Å². The fourth-order valence-corrected chi connectivity index (χ4v) is 4.44. The van der Waals surface area contributed by atoms with Gasteiger partial charge >= 0.3 is 0 Å². The Kier molecular flexibility index (Phi) is 6.42. The minimum absolute atomic E-state index is 0.0161. The maximum atomic E-state index is 12.9. The lowest BCUT2D eigenvalue weighted by Gasteiger charge is -2.25. The van der Waals surface area contributed by atoms with E-state index in [9.17, 15) is 8.42 Å². The summed E-state index contributed by atoms with van der Waals surface area (Å²) in [4.78, 5) is 12.4. The fourth-order valence-electron chi connectivity index (χ4n) is 3.33. The van der Waals surface area contributed by atoms with Crippen LogP contribution in [-0.4, -0.2) is 58.1 Å². The molecule has 0 radical (unpaired) electrons. The number of nitrogens with one attached hydrogen (secondary N) is 1. The van der Waals surface area contributed by atoms with Crippen molar-refractivity contribution in [2.45, 2.75) is 31.6 Å². The third-order valence-electron chi connectivity index (χ3n) is 5.19. The van der Waals surface area contributed by atoms with Gasteiger partial charge in [-0.2, -0.15) is 9.97 Å². The van der Waals surface area contributed by atoms with Crippen molar-refractivity contribution in [1.29, 1.82) is 0 Å². The number of pyridine rings is 1. The third-order valence-corrected chi connectivity index (χ3v) is 6.64. The molecule has 1 fully saturated rings. The van der Waals surface area contributed by atoms with Gasteiger partial charge < -0.3 is 9.47 Å². The first kappa shape index (κ1) is 22.2. The highest BCUT2D eigenvalue weighted by atomic mass is 35.5. The van der Waals surface area contributed by atoms with Crippen molar-refractivity contribution in [3.05, 3.63) is 41.2 Å². The number of hydrogen-bond acceptors (Lipinski definition) is 9. The van der Waals surface area contributed by atoms with Gasteiger partial charge in [-0.1, -0.05) is 18.0 Å². The van der Waals surface area contributed by atoms with E-state index >= 15 is 0 Å². The van der Waals surface area contributed by atoms with Crippen molar-refractivity contribution in [1.82, 2.24) is 29.7 Å². The summed E-state index contributed by atoms with van der Waals surface area (Å²) in [5.41, 5.74) is 0.942. The number of rotatable bonds is 9. The van der Waals surface area contributed by atoms with E-state index in [0.717, 1.165) is 19.3 Å². The van der Waals surface area contributed by atoms with Crippen LogP contribution in [-0.2, 0) is 16.4 Å². The molecule has 3 heterocycles. The molecule has 32 heavy (non-hydrogen) atoms. The number of sulfonamides is 1. The lowest BCUT2D eigenvalue weighted by molar-refractivity contribution is 0.362. The molecule has 1 aliphatic rings. The summed E-state index contributed by atoms with van der Waals surface area (Å²) in [6.45, 7) is 0. The molecule has 13 heteroatoms. The quantitative estimate of drug-likeness (QED) is 0.490. The second kappa shape index (κ2) is 9.25. The molecule has 0 unspecified atom stereocenters. The molecular weight excluding hydrogens is 458 g/mol. The lowest BCUT2D eigenvalue weighted by atomic mass is 9.85. The van der Waals surface area contributed by atoms with Gasteiger partial charge in [0.05, 0.1) is 25.0 Å². The van der Waals surface area contributed by atoms with E-state index in [1.54, 1.807) is 16.7 Å². The number of hydrogen-bond donors (Lipinski definition) is 1. The Labute approximate surface area is 190 Å². The predicted octanol–water partition coefficient (Wildman–Crippen LogP) is 2.37. The zero-order valence-electron chi connectivity index (χ0n) is 17.5. The van der Waals surface area contributed by atoms with Crippen LogP contribution in [0.1, 0.15) is 36.7 Å². The Bertz CT molecular complexity index is 1170. The minimum Gasteiger partial charge on any atom is -0.479 e. The average Bonchev–Trinajstić information content (AvgIpc) is 3.13. The maximum Gasteiger partial charge on any atom is 0.245 e. The Hall–Kier alpha value is -2.99. The average molecular weight is 480 g/mol. The van der Waals surface area contributed by atoms with Crippen molar-refractivity contribution in [3.8, 4) is 17.4 Å². The number of nitrogens with zero attached hydrogens (tertiary/aromatic N) is 6. The zero-order chi connectivity index (χ0) is 22.7. The lowest BCUT2D eigenvalue weighted by Crippen LogP contribution is -2.22. The third kappa shape index (κ3) is 4.60. The van der Waals surface area contributed by atoms with Crippen LogP contribution in [0.5, 0.6) is 11.8 Å². The van der Waals surface area contributed by atoms with E-state index < -0.39 is 10.0 Å². The molecule has 0 aliphatic heterocycles. The molecule has 0 atom stereocenters. The highest BCUT2D eigenvalue weighted by molar-refractivity contribution is 7.92. The number of methoxy groups -OCH3 is 2. The summed E-state index contributed by atoms with van der Waals surface area (Å²) in [7, 11) is -0.863. The molecule has 0 saturated heterocycles. The summed E-state index contributed by atoms with van der Waals surface area (Å²) >= 11 is 5.84. The molecule has 0 bridgehead atoms. The van der Waals surface area contributed by atoms with Crippen molar-refractivity contribution < 1.29 is 17.9 Å². The standard InChI is InChI=1S/C19H22ClN7O4S/c1-30-17-15(18(31-2)23-11-22-17)27-16(12-4-3-5-12)24-25-19(27)26-32(28,29)9-8-14-7-6-13(20)10-21-14/h6-7,10-12H,3-5,8-9H2,1-2H3,(H,25,26). The van der Waals surface area contributed by atoms with Crippen molar-refractivity contribution in [3.63, 3.8) is 0 Å². The molecule has 1 saturated carbocycles. The maximum absolute atomic E-state index is 12.9. The largest absolute Gasteiger partial charge is 0.479 e. The van der Waals surface area contributed by atoms with Gasteiger partial charge in [-0.05, 0) is 25.0 Å². The van der Waals surface area contributed by atoms with E-state index in [1.807, 2.05) is 0 Å². The Morgan fingerprint density at radius 1 is 1.12 bits per heavy atom. The van der Waals surface area contributed by atoms with E-state index in [4.69, 9.17) is 21.1 Å². The second-order valence-electron chi connectivity index (χ2n) is 7.22. The summed E-state index contributed by atoms with van der Waals surface area (Å²) < 4.78 is 40.6. The number of halogens is 1. The van der Waals surface area contributed by atoms with Crippen LogP contribution in [0.3, 0.4) is 0 Å². The van der Waals surface area contributed by atoms with Gasteiger partial charge in [-0.15, -0.1) is 10.2 Å². The van der Waals surface area contributed by atoms with E-state index in [2.05, 4.69) is 29.9 Å². The molecule has 4 rings (SSSR count). The smallest absolute Gasteiger partial charge is 0.245 e. The SMILES string of the molecule is COc1ncnc(OC)c1-n1c(NS(=O)(=O)CCc2ccc(Cl)cn2)nnc1C1CCC1. The Morgan fingerprint density at radius 2 is 1.84 bits per heavy atom. The molecule has 11 nitrogen and oxygen atoms in total. The van der Waals surface area contributed by atoms with E-state index in [1.165, 1.54) is 26.7 Å². The first-order valence-corrected chi connectivity index (χ1v) is 11.9. The molecule has 0 aromatic carbocycles. The zero-order valence-corrected chi connectivity index (χ0v) is 19.1. The summed E-state index contributed by atoms with van der Waals surface area (Å²) in [6.07, 6.45) is 5.89. The molecule has 0 amide bonds. The molecule has 1 N–H and O–H groups in total. The van der Waals surface area contributed by atoms with Crippen LogP contribution in [0.15, 0.2) is 24.7 Å². The van der Waals surface area contributed by atoms with Crippen LogP contribution in [0, 0.1) is 0 Å². The van der Waals surface area contributed by atoms with Crippen molar-refractivity contribution >= 4 is 27.6 Å². The number of aromatic nitrogens is 6. The molecule has 1 aliphatic carbocycles. The van der Waals surface area contributed by atoms with Crippen LogP contribution in [0.2, 0.25) is 5.02 Å². The molecule has 170 valence electrons. The van der Waals surface area contributed by atoms with Gasteiger partial charge in [0.2, 0.25) is 27.7 Å². The fraction of sp³-hybridized carbons (Fsp3) is 0.421. The first-order valence-electron chi connectivity index (χ1n) is 9.91. The van der Waals surface area contributed by atoms with E-state index in [0.29, 0.717) is 22.2 Å². The molecular formula is C19H22ClN7O4S. The van der Waals surface area contributed by atoms with Crippen LogP contribution < -0.4 is 14.2 Å². The number of aryl methyl sites for hydroxylation is 1. The summed E-state index contributed by atoms with van der Waals surface area (Å²) in [6, 6.07) is 3.35. The number of anilines is 1. The molecule has 3 aromatic heterocycles. The highest BCUT2D eigenvalue weighted by Crippen LogP contribution is 2.40. The molecule has 0 spiro atoms. The van der Waals surface area contributed by atoms with Crippen molar-refractivity contribution in [2.24, 2.45) is 0 Å². The van der Waals surface area contributed by atoms with E-state index in [-0.39, 0.29) is 35.8 Å². The van der Waals surface area contributed by atoms with Crippen LogP contribution in [0.25, 0.3) is 5.69 Å². The second-order valence-corrected chi connectivity index (χ2v) is 9.50. The minimum atomic E-state index is -3.78. The highest BCUT2D eigenvalue weighted by Gasteiger charge is 2.32. The van der Waals surface area contributed by atoms with Crippen LogP contribution >= 0.6 is 11.6 Å². The number of ether oxygens (including phenoxy) is 2. The van der Waals surface area contributed by atoms with Crippen LogP contribution in [0.4, 0.5) is 5.95 Å². The normalized spacial score (nSPS) is 14.1. The van der Waals surface area contributed by atoms with Gasteiger partial charge in [0, 0.05) is 24.2 Å². The predicted molar refractivity (Wildman–Crippen MR) is 117 cm³/mol.